The van der Waals surface area contributed by atoms with Gasteiger partial charge in [-0.05, 0) is 19.8 Å². The van der Waals surface area contributed by atoms with E-state index in [1.165, 1.54) is 0 Å². The molecular formula is C15H18N4O2. The third-order valence-electron chi connectivity index (χ3n) is 3.72. The molecule has 1 saturated carbocycles. The summed E-state index contributed by atoms with van der Waals surface area (Å²) in [7, 11) is 0. The molecule has 21 heavy (non-hydrogen) atoms. The van der Waals surface area contributed by atoms with Gasteiger partial charge in [-0.25, -0.2) is 9.97 Å². The summed E-state index contributed by atoms with van der Waals surface area (Å²) in [6.45, 7) is 5.35. The Morgan fingerprint density at radius 2 is 2.38 bits per heavy atom. The lowest BCUT2D eigenvalue weighted by molar-refractivity contribution is 0.0928. The Bertz CT molecular complexity index is 703. The molecule has 6 nitrogen and oxygen atoms in total. The van der Waals surface area contributed by atoms with Crippen molar-refractivity contribution in [2.24, 2.45) is 0 Å². The summed E-state index contributed by atoms with van der Waals surface area (Å²) in [5.74, 6) is 0.193. The van der Waals surface area contributed by atoms with Crippen molar-refractivity contribution in [1.82, 2.24) is 20.3 Å². The number of aromatic nitrogens is 3. The van der Waals surface area contributed by atoms with Crippen LogP contribution in [0.1, 0.15) is 41.7 Å². The van der Waals surface area contributed by atoms with Gasteiger partial charge in [-0.1, -0.05) is 12.2 Å². The standard InChI is InChI=1S/C15H18N4O2/c1-8(2)12(7-20)19-15(21)10-5-16-14-13(10)18-11(6-17-14)9-3-4-9/h5-6,9,12,20H,1,3-4,7H2,2H3,(H,16,17)(H,19,21)/t12-/m0/s1. The van der Waals surface area contributed by atoms with Crippen LogP contribution in [-0.4, -0.2) is 38.6 Å². The van der Waals surface area contributed by atoms with Crippen molar-refractivity contribution in [3.63, 3.8) is 0 Å². The van der Waals surface area contributed by atoms with E-state index in [9.17, 15) is 9.90 Å². The number of nitrogens with one attached hydrogen (secondary N) is 2. The molecule has 0 spiro atoms. The fraction of sp³-hybridized carbons (Fsp3) is 0.400. The van der Waals surface area contributed by atoms with Crippen molar-refractivity contribution in [2.75, 3.05) is 6.61 Å². The van der Waals surface area contributed by atoms with Crippen molar-refractivity contribution in [2.45, 2.75) is 31.7 Å². The molecular weight excluding hydrogens is 268 g/mol. The van der Waals surface area contributed by atoms with Gasteiger partial charge in [0, 0.05) is 12.1 Å². The highest BCUT2D eigenvalue weighted by atomic mass is 16.3. The molecule has 2 heterocycles. The molecule has 2 aromatic rings. The molecule has 0 bridgehead atoms. The number of rotatable bonds is 5. The molecule has 6 heteroatoms. The number of nitrogens with zero attached hydrogens (tertiary/aromatic N) is 2. The van der Waals surface area contributed by atoms with Crippen molar-refractivity contribution in [3.05, 3.63) is 35.8 Å². The average molecular weight is 286 g/mol. The minimum absolute atomic E-state index is 0.178. The van der Waals surface area contributed by atoms with Gasteiger partial charge in [0.2, 0.25) is 0 Å². The Kier molecular flexibility index (Phi) is 3.47. The van der Waals surface area contributed by atoms with Crippen molar-refractivity contribution in [1.29, 1.82) is 0 Å². The van der Waals surface area contributed by atoms with E-state index in [1.807, 2.05) is 0 Å². The number of aromatic amines is 1. The molecule has 1 fully saturated rings. The van der Waals surface area contributed by atoms with E-state index >= 15 is 0 Å². The Labute approximate surface area is 122 Å². The number of carbonyl (C=O) groups excluding carboxylic acids is 1. The zero-order chi connectivity index (χ0) is 15.0. The molecule has 0 radical (unpaired) electrons. The first-order valence-corrected chi connectivity index (χ1v) is 7.01. The second kappa shape index (κ2) is 5.29. The van der Waals surface area contributed by atoms with Crippen molar-refractivity contribution < 1.29 is 9.90 Å². The lowest BCUT2D eigenvalue weighted by Gasteiger charge is -2.15. The SMILES string of the molecule is C=C(C)[C@H](CO)NC(=O)c1c[nH]c2ncc(C3CC3)nc12. The normalized spacial score (nSPS) is 15.9. The zero-order valence-electron chi connectivity index (χ0n) is 11.9. The van der Waals surface area contributed by atoms with Gasteiger partial charge in [0.15, 0.2) is 5.65 Å². The maximum atomic E-state index is 12.3. The molecule has 1 aliphatic rings. The lowest BCUT2D eigenvalue weighted by Crippen LogP contribution is -2.38. The summed E-state index contributed by atoms with van der Waals surface area (Å²) >= 11 is 0. The third-order valence-corrected chi connectivity index (χ3v) is 3.72. The zero-order valence-corrected chi connectivity index (χ0v) is 11.9. The van der Waals surface area contributed by atoms with Gasteiger partial charge in [-0.3, -0.25) is 4.79 Å². The van der Waals surface area contributed by atoms with E-state index < -0.39 is 6.04 Å². The second-order valence-corrected chi connectivity index (χ2v) is 5.52. The van der Waals surface area contributed by atoms with Gasteiger partial charge in [-0.2, -0.15) is 0 Å². The molecule has 3 N–H and O–H groups in total. The number of aliphatic hydroxyl groups is 1. The predicted octanol–water partition coefficient (Wildman–Crippen LogP) is 1.50. The van der Waals surface area contributed by atoms with E-state index in [2.05, 4.69) is 26.8 Å². The summed E-state index contributed by atoms with van der Waals surface area (Å²) in [5, 5.41) is 12.0. The largest absolute Gasteiger partial charge is 0.394 e. The molecule has 2 aromatic heterocycles. The predicted molar refractivity (Wildman–Crippen MR) is 79.0 cm³/mol. The van der Waals surface area contributed by atoms with Crippen LogP contribution in [0.4, 0.5) is 0 Å². The van der Waals surface area contributed by atoms with E-state index in [0.29, 0.717) is 28.2 Å². The fourth-order valence-electron chi connectivity index (χ4n) is 2.21. The molecule has 0 unspecified atom stereocenters. The number of H-pyrrole nitrogens is 1. The minimum Gasteiger partial charge on any atom is -0.394 e. The van der Waals surface area contributed by atoms with E-state index in [-0.39, 0.29) is 12.5 Å². The molecule has 1 aliphatic carbocycles. The van der Waals surface area contributed by atoms with E-state index in [4.69, 9.17) is 0 Å². The van der Waals surface area contributed by atoms with Gasteiger partial charge in [-0.15, -0.1) is 0 Å². The summed E-state index contributed by atoms with van der Waals surface area (Å²) in [5.41, 5.74) is 3.26. The number of fused-ring (bicyclic) bond motifs is 1. The number of hydrogen-bond acceptors (Lipinski definition) is 4. The van der Waals surface area contributed by atoms with Crippen LogP contribution >= 0.6 is 0 Å². The molecule has 3 rings (SSSR count). The minimum atomic E-state index is -0.456. The smallest absolute Gasteiger partial charge is 0.255 e. The monoisotopic (exact) mass is 286 g/mol. The average Bonchev–Trinajstić information content (AvgIpc) is 3.23. The molecule has 0 aromatic carbocycles. The molecule has 1 amide bonds. The Morgan fingerprint density at radius 3 is 3.00 bits per heavy atom. The van der Waals surface area contributed by atoms with Crippen LogP contribution < -0.4 is 5.32 Å². The van der Waals surface area contributed by atoms with Crippen LogP contribution in [0.5, 0.6) is 0 Å². The highest BCUT2D eigenvalue weighted by Crippen LogP contribution is 2.39. The molecule has 110 valence electrons. The lowest BCUT2D eigenvalue weighted by atomic mass is 10.1. The number of hydrogen-bond donors (Lipinski definition) is 3. The summed E-state index contributed by atoms with van der Waals surface area (Å²) in [6, 6.07) is -0.456. The van der Waals surface area contributed by atoms with Crippen LogP contribution in [-0.2, 0) is 0 Å². The third kappa shape index (κ3) is 2.67. The van der Waals surface area contributed by atoms with Gasteiger partial charge in [0.25, 0.3) is 5.91 Å². The first-order chi connectivity index (χ1) is 10.1. The van der Waals surface area contributed by atoms with Gasteiger partial charge >= 0.3 is 0 Å². The first kappa shape index (κ1) is 13.8. The molecule has 0 aliphatic heterocycles. The molecule has 0 saturated heterocycles. The van der Waals surface area contributed by atoms with Crippen LogP contribution in [0.15, 0.2) is 24.5 Å². The number of amides is 1. The maximum Gasteiger partial charge on any atom is 0.255 e. The number of aliphatic hydroxyl groups excluding tert-OH is 1. The van der Waals surface area contributed by atoms with Crippen LogP contribution in [0.3, 0.4) is 0 Å². The highest BCUT2D eigenvalue weighted by Gasteiger charge is 2.26. The highest BCUT2D eigenvalue weighted by molar-refractivity contribution is 6.04. The second-order valence-electron chi connectivity index (χ2n) is 5.52. The van der Waals surface area contributed by atoms with Crippen LogP contribution in [0.25, 0.3) is 11.2 Å². The van der Waals surface area contributed by atoms with Crippen LogP contribution in [0, 0.1) is 0 Å². The Morgan fingerprint density at radius 1 is 1.62 bits per heavy atom. The van der Waals surface area contributed by atoms with E-state index in [0.717, 1.165) is 18.5 Å². The molecule has 1 atom stereocenters. The number of carbonyl (C=O) groups is 1. The topological polar surface area (TPSA) is 90.9 Å². The quantitative estimate of drug-likeness (QED) is 0.726. The van der Waals surface area contributed by atoms with Crippen molar-refractivity contribution >= 4 is 17.1 Å². The Balaban J connectivity index is 1.90. The maximum absolute atomic E-state index is 12.3. The van der Waals surface area contributed by atoms with Crippen molar-refractivity contribution in [3.8, 4) is 0 Å². The summed E-state index contributed by atoms with van der Waals surface area (Å²) in [6.07, 6.45) is 5.63. The fourth-order valence-corrected chi connectivity index (χ4v) is 2.21. The van der Waals surface area contributed by atoms with E-state index in [1.54, 1.807) is 19.3 Å². The Hall–Kier alpha value is -2.21. The van der Waals surface area contributed by atoms with Gasteiger partial charge < -0.3 is 15.4 Å². The summed E-state index contributed by atoms with van der Waals surface area (Å²) in [4.78, 5) is 24.2. The first-order valence-electron chi connectivity index (χ1n) is 7.01. The van der Waals surface area contributed by atoms with Crippen LogP contribution in [0.2, 0.25) is 0 Å². The summed E-state index contributed by atoms with van der Waals surface area (Å²) < 4.78 is 0. The van der Waals surface area contributed by atoms with Gasteiger partial charge in [0.1, 0.15) is 5.52 Å². The van der Waals surface area contributed by atoms with Gasteiger partial charge in [0.05, 0.1) is 30.1 Å².